The quantitative estimate of drug-likeness (QED) is 0.794. The number of nitrogens with zero attached hydrogens (tertiary/aromatic N) is 1. The van der Waals surface area contributed by atoms with Crippen molar-refractivity contribution >= 4 is 5.78 Å². The van der Waals surface area contributed by atoms with Gasteiger partial charge in [0, 0.05) is 31.4 Å². The van der Waals surface area contributed by atoms with Crippen molar-refractivity contribution in [2.75, 3.05) is 13.7 Å². The molecule has 21 heavy (non-hydrogen) atoms. The number of rotatable bonds is 1. The van der Waals surface area contributed by atoms with E-state index in [4.69, 9.17) is 4.74 Å². The highest BCUT2D eigenvalue weighted by molar-refractivity contribution is 5.82. The fourth-order valence-electron chi connectivity index (χ4n) is 5.15. The Kier molecular flexibility index (Phi) is 2.80. The van der Waals surface area contributed by atoms with E-state index < -0.39 is 5.60 Å². The maximum absolute atomic E-state index is 12.5. The highest BCUT2D eigenvalue weighted by Gasteiger charge is 2.64. The van der Waals surface area contributed by atoms with Gasteiger partial charge >= 0.3 is 0 Å². The molecule has 0 spiro atoms. The van der Waals surface area contributed by atoms with Crippen molar-refractivity contribution in [3.05, 3.63) is 40.6 Å². The van der Waals surface area contributed by atoms with Crippen molar-refractivity contribution in [3.8, 4) is 0 Å². The number of hydrogen-bond donors (Lipinski definition) is 0. The molecule has 1 saturated heterocycles. The molecule has 3 aliphatic rings. The molecule has 0 unspecified atom stereocenters. The maximum Gasteiger partial charge on any atom is 0.134 e. The molecule has 1 aliphatic heterocycles. The molecule has 1 heterocycles. The Bertz CT molecular complexity index is 601. The second-order valence-corrected chi connectivity index (χ2v) is 6.66. The molecule has 1 aromatic rings. The highest BCUT2D eigenvalue weighted by Crippen LogP contribution is 2.58. The summed E-state index contributed by atoms with van der Waals surface area (Å²) in [5.74, 6) is 0.303. The highest BCUT2D eigenvalue weighted by atomic mass is 16.5. The second kappa shape index (κ2) is 4.38. The molecule has 2 fully saturated rings. The predicted octanol–water partition coefficient (Wildman–Crippen LogP) is 2.19. The first kappa shape index (κ1) is 13.4. The lowest BCUT2D eigenvalue weighted by Gasteiger charge is -2.66. The monoisotopic (exact) mass is 286 g/mol. The Morgan fingerprint density at radius 1 is 1.33 bits per heavy atom. The Hall–Kier alpha value is -1.23. The van der Waals surface area contributed by atoms with Gasteiger partial charge in [-0.25, -0.2) is 0 Å². The van der Waals surface area contributed by atoms with Gasteiger partial charge in [0.05, 0.1) is 5.60 Å². The topological polar surface area (TPSA) is 52.6 Å². The third kappa shape index (κ3) is 1.53. The number of carbonyl (C=O) groups excluding carboxylic acids is 1. The van der Waals surface area contributed by atoms with Crippen molar-refractivity contribution in [1.82, 2.24) is 5.06 Å². The van der Waals surface area contributed by atoms with Gasteiger partial charge in [-0.05, 0) is 36.9 Å². The van der Waals surface area contributed by atoms with Gasteiger partial charge in [-0.15, -0.1) is 0 Å². The molecule has 3 atom stereocenters. The zero-order valence-electron chi connectivity index (χ0n) is 12.3. The van der Waals surface area contributed by atoms with Gasteiger partial charge in [0.1, 0.15) is 5.78 Å². The molecule has 1 aromatic carbocycles. The third-order valence-corrected chi connectivity index (χ3v) is 6.04. The summed E-state index contributed by atoms with van der Waals surface area (Å²) in [6.45, 7) is 0.497. The van der Waals surface area contributed by atoms with Crippen LogP contribution >= 0.6 is 0 Å². The van der Waals surface area contributed by atoms with Crippen LogP contribution in [0.1, 0.15) is 36.8 Å². The van der Waals surface area contributed by atoms with Crippen LogP contribution in [0.25, 0.3) is 0 Å². The lowest BCUT2D eigenvalue weighted by molar-refractivity contribution is -0.180. The van der Waals surface area contributed by atoms with Crippen LogP contribution in [0.2, 0.25) is 0 Å². The van der Waals surface area contributed by atoms with Gasteiger partial charge < -0.3 is 15.0 Å². The lowest BCUT2D eigenvalue weighted by atomic mass is 9.49. The van der Waals surface area contributed by atoms with E-state index in [0.717, 1.165) is 6.42 Å². The molecular weight excluding hydrogens is 266 g/mol. The fourth-order valence-corrected chi connectivity index (χ4v) is 5.15. The van der Waals surface area contributed by atoms with Crippen molar-refractivity contribution < 1.29 is 9.53 Å². The van der Waals surface area contributed by atoms with Gasteiger partial charge in [0.2, 0.25) is 0 Å². The van der Waals surface area contributed by atoms with E-state index in [-0.39, 0.29) is 11.5 Å². The Morgan fingerprint density at radius 3 is 2.95 bits per heavy atom. The average Bonchev–Trinajstić information content (AvgIpc) is 2.51. The summed E-state index contributed by atoms with van der Waals surface area (Å²) < 4.78 is 6.02. The van der Waals surface area contributed by atoms with Gasteiger partial charge in [-0.2, -0.15) is 0 Å². The number of ketones is 1. The van der Waals surface area contributed by atoms with E-state index in [0.29, 0.717) is 38.0 Å². The summed E-state index contributed by atoms with van der Waals surface area (Å²) in [6, 6.07) is 8.13. The third-order valence-electron chi connectivity index (χ3n) is 6.04. The number of methoxy groups -OCH3 is 1. The van der Waals surface area contributed by atoms with Crippen molar-refractivity contribution in [1.29, 1.82) is 0 Å². The van der Waals surface area contributed by atoms with Crippen LogP contribution in [0.5, 0.6) is 0 Å². The van der Waals surface area contributed by atoms with Crippen LogP contribution in [0.3, 0.4) is 0 Å². The SMILES string of the molecule is CO[C@@]12CCC(=O)C[C@@]13CCN([O-])[C@@H]2Cc1ccccc13. The Labute approximate surface area is 124 Å². The molecule has 0 radical (unpaired) electrons. The number of carbonyl (C=O) groups is 1. The molecule has 2 aliphatic carbocycles. The zero-order chi connectivity index (χ0) is 14.7. The number of Topliss-reactive ketones (excluding diaryl/α,β-unsaturated/α-hetero) is 1. The molecular formula is C17H20NO3-. The first-order valence-corrected chi connectivity index (χ1v) is 7.72. The number of hydrogen-bond acceptors (Lipinski definition) is 4. The first-order valence-electron chi connectivity index (χ1n) is 7.72. The van der Waals surface area contributed by atoms with Crippen molar-refractivity contribution in [2.24, 2.45) is 0 Å². The molecule has 4 heteroatoms. The molecule has 4 rings (SSSR count). The minimum absolute atomic E-state index is 0.167. The van der Waals surface area contributed by atoms with Gasteiger partial charge in [-0.1, -0.05) is 24.3 Å². The van der Waals surface area contributed by atoms with Crippen LogP contribution in [-0.4, -0.2) is 36.1 Å². The number of hydroxylamine groups is 2. The largest absolute Gasteiger partial charge is 0.785 e. The van der Waals surface area contributed by atoms with E-state index in [1.807, 2.05) is 12.1 Å². The first-order chi connectivity index (χ1) is 10.1. The van der Waals surface area contributed by atoms with Gasteiger partial charge in [0.15, 0.2) is 0 Å². The van der Waals surface area contributed by atoms with Crippen LogP contribution in [0.4, 0.5) is 0 Å². The average molecular weight is 286 g/mol. The van der Waals surface area contributed by atoms with Crippen molar-refractivity contribution in [3.63, 3.8) is 0 Å². The fraction of sp³-hybridized carbons (Fsp3) is 0.588. The minimum atomic E-state index is -0.505. The summed E-state index contributed by atoms with van der Waals surface area (Å²) in [6.07, 6.45) is 3.15. The standard InChI is InChI=1S/C17H20NO3/c1-21-17-7-6-13(19)11-16(17)8-9-18(20)15(17)10-12-4-2-3-5-14(12)16/h2-5,15H,6-11H2,1H3/q-1/t15-,16-,17-/m1/s1. The van der Waals surface area contributed by atoms with E-state index in [2.05, 4.69) is 12.1 Å². The summed E-state index contributed by atoms with van der Waals surface area (Å²) >= 11 is 0. The van der Waals surface area contributed by atoms with Crippen molar-refractivity contribution in [2.45, 2.75) is 49.2 Å². The number of benzene rings is 1. The number of piperidine rings is 1. The van der Waals surface area contributed by atoms with Crippen LogP contribution in [-0.2, 0) is 21.4 Å². The predicted molar refractivity (Wildman–Crippen MR) is 78.9 cm³/mol. The number of fused-ring (bicyclic) bond motifs is 1. The molecule has 1 saturated carbocycles. The molecule has 4 nitrogen and oxygen atoms in total. The maximum atomic E-state index is 12.5. The Morgan fingerprint density at radius 2 is 2.14 bits per heavy atom. The Balaban J connectivity index is 1.98. The smallest absolute Gasteiger partial charge is 0.134 e. The normalized spacial score (nSPS) is 38.8. The number of ether oxygens (including phenoxy) is 1. The van der Waals surface area contributed by atoms with Gasteiger partial charge in [0.25, 0.3) is 0 Å². The zero-order valence-corrected chi connectivity index (χ0v) is 12.3. The summed E-state index contributed by atoms with van der Waals surface area (Å²) in [4.78, 5) is 12.2. The summed E-state index contributed by atoms with van der Waals surface area (Å²) in [7, 11) is 1.71. The molecule has 0 N–H and O–H groups in total. The van der Waals surface area contributed by atoms with E-state index in [9.17, 15) is 10.0 Å². The molecule has 2 bridgehead atoms. The van der Waals surface area contributed by atoms with E-state index >= 15 is 0 Å². The summed E-state index contributed by atoms with van der Waals surface area (Å²) in [5.41, 5.74) is 1.64. The second-order valence-electron chi connectivity index (χ2n) is 6.66. The van der Waals surface area contributed by atoms with Crippen LogP contribution < -0.4 is 0 Å². The van der Waals surface area contributed by atoms with E-state index in [1.165, 1.54) is 16.2 Å². The van der Waals surface area contributed by atoms with Crippen LogP contribution in [0, 0.1) is 5.21 Å². The molecule has 0 amide bonds. The minimum Gasteiger partial charge on any atom is -0.785 e. The lowest BCUT2D eigenvalue weighted by Crippen LogP contribution is -2.73. The van der Waals surface area contributed by atoms with Gasteiger partial charge in [-0.3, -0.25) is 4.79 Å². The molecule has 112 valence electrons. The summed E-state index contributed by atoms with van der Waals surface area (Å²) in [5, 5.41) is 13.7. The van der Waals surface area contributed by atoms with E-state index in [1.54, 1.807) is 7.11 Å². The molecule has 0 aromatic heterocycles. The van der Waals surface area contributed by atoms with Crippen LogP contribution in [0.15, 0.2) is 24.3 Å².